The Morgan fingerprint density at radius 1 is 1.21 bits per heavy atom. The lowest BCUT2D eigenvalue weighted by molar-refractivity contribution is 0.284. The summed E-state index contributed by atoms with van der Waals surface area (Å²) in [5.41, 5.74) is 0. The highest BCUT2D eigenvalue weighted by Crippen LogP contribution is 2.31. The normalized spacial score (nSPS) is 29.6. The van der Waals surface area contributed by atoms with E-state index in [9.17, 15) is 4.21 Å². The summed E-state index contributed by atoms with van der Waals surface area (Å²) < 4.78 is 12.6. The van der Waals surface area contributed by atoms with Crippen LogP contribution in [0.15, 0.2) is 0 Å². The summed E-state index contributed by atoms with van der Waals surface area (Å²) in [6.45, 7) is 9.90. The average molecular weight is 288 g/mol. The zero-order valence-corrected chi connectivity index (χ0v) is 14.1. The van der Waals surface area contributed by atoms with Crippen molar-refractivity contribution < 1.29 is 4.21 Å². The van der Waals surface area contributed by atoms with Gasteiger partial charge in [0.1, 0.15) is 0 Å². The van der Waals surface area contributed by atoms with E-state index < -0.39 is 10.8 Å². The third-order valence-electron chi connectivity index (χ3n) is 4.09. The van der Waals surface area contributed by atoms with Crippen molar-refractivity contribution in [3.8, 4) is 0 Å². The topological polar surface area (TPSA) is 29.1 Å². The number of hydrogen-bond donors (Lipinski definition) is 1. The second-order valence-electron chi connectivity index (χ2n) is 6.51. The Bertz CT molecular complexity index is 267. The molecule has 114 valence electrons. The Morgan fingerprint density at radius 3 is 2.53 bits per heavy atom. The molecule has 4 atom stereocenters. The zero-order chi connectivity index (χ0) is 14.3. The molecule has 1 aliphatic rings. The SMILES string of the molecule is CCCNC1CCC(CCC)CC1S(=O)CC(C)C. The highest BCUT2D eigenvalue weighted by molar-refractivity contribution is 7.85. The lowest BCUT2D eigenvalue weighted by atomic mass is 9.83. The molecule has 1 rings (SSSR count). The fraction of sp³-hybridized carbons (Fsp3) is 1.00. The Morgan fingerprint density at radius 2 is 1.95 bits per heavy atom. The molecule has 0 bridgehead atoms. The van der Waals surface area contributed by atoms with Crippen LogP contribution >= 0.6 is 0 Å². The van der Waals surface area contributed by atoms with Crippen molar-refractivity contribution in [3.05, 3.63) is 0 Å². The summed E-state index contributed by atoms with van der Waals surface area (Å²) in [7, 11) is -0.657. The second-order valence-corrected chi connectivity index (χ2v) is 8.21. The quantitative estimate of drug-likeness (QED) is 0.737. The molecule has 0 aromatic rings. The maximum Gasteiger partial charge on any atom is 0.0503 e. The van der Waals surface area contributed by atoms with Gasteiger partial charge in [0.25, 0.3) is 0 Å². The van der Waals surface area contributed by atoms with Gasteiger partial charge in [-0.15, -0.1) is 0 Å². The summed E-state index contributed by atoms with van der Waals surface area (Å²) in [6, 6.07) is 0.493. The average Bonchev–Trinajstić information content (AvgIpc) is 2.36. The van der Waals surface area contributed by atoms with Gasteiger partial charge in [0.2, 0.25) is 0 Å². The van der Waals surface area contributed by atoms with E-state index >= 15 is 0 Å². The van der Waals surface area contributed by atoms with Gasteiger partial charge >= 0.3 is 0 Å². The van der Waals surface area contributed by atoms with Crippen LogP contribution < -0.4 is 5.32 Å². The summed E-state index contributed by atoms with van der Waals surface area (Å²) in [5, 5.41) is 4.03. The maximum absolute atomic E-state index is 12.6. The molecule has 0 aromatic carbocycles. The van der Waals surface area contributed by atoms with Crippen LogP contribution in [-0.2, 0) is 10.8 Å². The van der Waals surface area contributed by atoms with Crippen LogP contribution in [0.3, 0.4) is 0 Å². The van der Waals surface area contributed by atoms with Gasteiger partial charge in [0.15, 0.2) is 0 Å². The first-order chi connectivity index (χ1) is 9.08. The predicted octanol–water partition coefficient (Wildman–Crippen LogP) is 3.73. The molecule has 0 radical (unpaired) electrons. The summed E-state index contributed by atoms with van der Waals surface area (Å²) in [5.74, 6) is 2.22. The molecule has 1 fully saturated rings. The highest BCUT2D eigenvalue weighted by atomic mass is 32.2. The first kappa shape index (κ1) is 17.2. The van der Waals surface area contributed by atoms with Crippen molar-refractivity contribution in [2.45, 2.75) is 77.5 Å². The van der Waals surface area contributed by atoms with Crippen molar-refractivity contribution in [2.24, 2.45) is 11.8 Å². The standard InChI is InChI=1S/C16H33NOS/c1-5-7-14-8-9-15(17-10-6-2)16(11-14)19(18)12-13(3)4/h13-17H,5-12H2,1-4H3. The van der Waals surface area contributed by atoms with Crippen molar-refractivity contribution in [1.29, 1.82) is 0 Å². The zero-order valence-electron chi connectivity index (χ0n) is 13.3. The van der Waals surface area contributed by atoms with Crippen molar-refractivity contribution >= 4 is 10.8 Å². The second kappa shape index (κ2) is 9.12. The van der Waals surface area contributed by atoms with Gasteiger partial charge in [-0.05, 0) is 44.1 Å². The molecule has 0 heterocycles. The van der Waals surface area contributed by atoms with Gasteiger partial charge in [-0.25, -0.2) is 0 Å². The molecule has 0 aromatic heterocycles. The van der Waals surface area contributed by atoms with Gasteiger partial charge in [0, 0.05) is 22.6 Å². The molecule has 3 heteroatoms. The maximum atomic E-state index is 12.6. The van der Waals surface area contributed by atoms with Crippen LogP contribution in [0.4, 0.5) is 0 Å². The molecule has 1 N–H and O–H groups in total. The minimum absolute atomic E-state index is 0.388. The molecule has 0 aliphatic heterocycles. The van der Waals surface area contributed by atoms with E-state index in [1.54, 1.807) is 0 Å². The largest absolute Gasteiger partial charge is 0.313 e. The minimum atomic E-state index is -0.657. The van der Waals surface area contributed by atoms with Crippen LogP contribution in [-0.4, -0.2) is 27.8 Å². The van der Waals surface area contributed by atoms with Crippen molar-refractivity contribution in [2.75, 3.05) is 12.3 Å². The minimum Gasteiger partial charge on any atom is -0.313 e. The summed E-state index contributed by atoms with van der Waals surface area (Å²) in [4.78, 5) is 0. The van der Waals surface area contributed by atoms with E-state index in [1.165, 1.54) is 38.5 Å². The Balaban J connectivity index is 2.61. The third-order valence-corrected chi connectivity index (χ3v) is 6.28. The van der Waals surface area contributed by atoms with E-state index in [-0.39, 0.29) is 0 Å². The molecule has 0 amide bonds. The van der Waals surface area contributed by atoms with Crippen molar-refractivity contribution in [1.82, 2.24) is 5.32 Å². The van der Waals surface area contributed by atoms with Gasteiger partial charge < -0.3 is 5.32 Å². The van der Waals surface area contributed by atoms with Gasteiger partial charge in [-0.2, -0.15) is 0 Å². The lowest BCUT2D eigenvalue weighted by Gasteiger charge is -2.36. The van der Waals surface area contributed by atoms with E-state index in [4.69, 9.17) is 0 Å². The van der Waals surface area contributed by atoms with E-state index in [2.05, 4.69) is 33.0 Å². The van der Waals surface area contributed by atoms with E-state index in [1.807, 2.05) is 0 Å². The van der Waals surface area contributed by atoms with Gasteiger partial charge in [-0.3, -0.25) is 4.21 Å². The lowest BCUT2D eigenvalue weighted by Crippen LogP contribution is -2.47. The number of hydrogen-bond acceptors (Lipinski definition) is 2. The van der Waals surface area contributed by atoms with Gasteiger partial charge in [-0.1, -0.05) is 40.5 Å². The molecular weight excluding hydrogens is 254 g/mol. The molecule has 0 saturated heterocycles. The fourth-order valence-electron chi connectivity index (χ4n) is 3.19. The predicted molar refractivity (Wildman–Crippen MR) is 86.0 cm³/mol. The van der Waals surface area contributed by atoms with Crippen LogP contribution in [0.25, 0.3) is 0 Å². The first-order valence-corrected chi connectivity index (χ1v) is 9.57. The Labute approximate surface area is 122 Å². The van der Waals surface area contributed by atoms with Gasteiger partial charge in [0.05, 0.1) is 5.25 Å². The number of nitrogens with one attached hydrogen (secondary N) is 1. The fourth-order valence-corrected chi connectivity index (χ4v) is 5.18. The van der Waals surface area contributed by atoms with Crippen LogP contribution in [0.5, 0.6) is 0 Å². The smallest absolute Gasteiger partial charge is 0.0503 e. The molecule has 0 spiro atoms. The third kappa shape index (κ3) is 5.95. The highest BCUT2D eigenvalue weighted by Gasteiger charge is 2.33. The number of rotatable bonds is 8. The monoisotopic (exact) mass is 287 g/mol. The van der Waals surface area contributed by atoms with Crippen LogP contribution in [0, 0.1) is 11.8 Å². The van der Waals surface area contributed by atoms with Crippen molar-refractivity contribution in [3.63, 3.8) is 0 Å². The molecule has 1 aliphatic carbocycles. The summed E-state index contributed by atoms with van der Waals surface area (Å²) in [6.07, 6.45) is 7.47. The molecule has 4 unspecified atom stereocenters. The molecular formula is C16H33NOS. The van der Waals surface area contributed by atoms with E-state index in [0.29, 0.717) is 17.2 Å². The molecule has 2 nitrogen and oxygen atoms in total. The Kier molecular flexibility index (Phi) is 8.24. The first-order valence-electron chi connectivity index (χ1n) is 8.19. The Hall–Kier alpha value is 0.110. The van der Waals surface area contributed by atoms with E-state index in [0.717, 1.165) is 18.2 Å². The summed E-state index contributed by atoms with van der Waals surface area (Å²) >= 11 is 0. The van der Waals surface area contributed by atoms with Crippen LogP contribution in [0.2, 0.25) is 0 Å². The molecule has 19 heavy (non-hydrogen) atoms. The van der Waals surface area contributed by atoms with Crippen LogP contribution in [0.1, 0.15) is 66.2 Å². The molecule has 1 saturated carbocycles.